The van der Waals surface area contributed by atoms with Crippen molar-refractivity contribution in [3.8, 4) is 6.07 Å². The van der Waals surface area contributed by atoms with Crippen LogP contribution in [0.15, 0.2) is 24.3 Å². The molecular weight excluding hydrogens is 278 g/mol. The van der Waals surface area contributed by atoms with Crippen LogP contribution in [0.4, 0.5) is 0 Å². The van der Waals surface area contributed by atoms with E-state index in [4.69, 9.17) is 5.26 Å². The van der Waals surface area contributed by atoms with Crippen LogP contribution in [0.25, 0.3) is 11.0 Å². The number of imidazole rings is 1. The number of nitriles is 1. The number of hydrogen-bond acceptors (Lipinski definition) is 3. The van der Waals surface area contributed by atoms with Gasteiger partial charge < -0.3 is 10.1 Å². The van der Waals surface area contributed by atoms with Crippen molar-refractivity contribution in [2.45, 2.75) is 39.0 Å². The molecule has 0 aliphatic heterocycles. The maximum atomic E-state index is 11.5. The van der Waals surface area contributed by atoms with E-state index >= 15 is 0 Å². The molecule has 5 heteroatoms. The molecule has 3 atom stereocenters. The Kier molecular flexibility index (Phi) is 5.16. The van der Waals surface area contributed by atoms with Crippen molar-refractivity contribution in [2.75, 3.05) is 0 Å². The van der Waals surface area contributed by atoms with Crippen molar-refractivity contribution in [3.05, 3.63) is 30.1 Å². The normalized spacial score (nSPS) is 15.1. The Bertz CT molecular complexity index is 654. The van der Waals surface area contributed by atoms with Crippen LogP contribution in [0.5, 0.6) is 0 Å². The van der Waals surface area contributed by atoms with Gasteiger partial charge in [0.15, 0.2) is 0 Å². The lowest BCUT2D eigenvalue weighted by Crippen LogP contribution is -2.20. The van der Waals surface area contributed by atoms with Crippen molar-refractivity contribution in [1.29, 1.82) is 5.26 Å². The fourth-order valence-electron chi connectivity index (χ4n) is 2.76. The molecular formula is C17H21N3O2. The molecule has 0 spiro atoms. The molecule has 2 N–H and O–H groups in total. The van der Waals surface area contributed by atoms with Crippen LogP contribution in [-0.2, 0) is 4.79 Å². The maximum Gasteiger partial charge on any atom is 0.306 e. The fraction of sp³-hybridized carbons (Fsp3) is 0.471. The summed E-state index contributed by atoms with van der Waals surface area (Å²) in [6.45, 7) is 3.79. The first-order valence-electron chi connectivity index (χ1n) is 7.62. The van der Waals surface area contributed by atoms with Crippen LogP contribution in [-0.4, -0.2) is 21.0 Å². The van der Waals surface area contributed by atoms with E-state index in [0.717, 1.165) is 23.3 Å². The highest BCUT2D eigenvalue weighted by Gasteiger charge is 2.26. The summed E-state index contributed by atoms with van der Waals surface area (Å²) in [4.78, 5) is 19.3. The quantitative estimate of drug-likeness (QED) is 0.815. The molecule has 0 radical (unpaired) electrons. The molecule has 0 amide bonds. The summed E-state index contributed by atoms with van der Waals surface area (Å²) in [7, 11) is 0. The molecule has 0 fully saturated rings. The number of nitrogens with zero attached hydrogens (tertiary/aromatic N) is 2. The monoisotopic (exact) mass is 299 g/mol. The number of carboxylic acid groups (broad SMARTS) is 1. The number of rotatable bonds is 7. The molecule has 0 aliphatic carbocycles. The number of H-pyrrole nitrogens is 1. The number of nitrogens with one attached hydrogen (secondary N) is 1. The smallest absolute Gasteiger partial charge is 0.306 e. The maximum absolute atomic E-state index is 11.5. The molecule has 0 aliphatic rings. The van der Waals surface area contributed by atoms with E-state index in [2.05, 4.69) is 16.0 Å². The zero-order valence-electron chi connectivity index (χ0n) is 12.9. The Hall–Kier alpha value is -2.35. The zero-order chi connectivity index (χ0) is 16.1. The second kappa shape index (κ2) is 7.08. The number of para-hydroxylation sites is 2. The number of aliphatic carboxylic acids is 1. The Morgan fingerprint density at radius 2 is 2.14 bits per heavy atom. The molecule has 2 rings (SSSR count). The first-order valence-corrected chi connectivity index (χ1v) is 7.62. The topological polar surface area (TPSA) is 89.8 Å². The van der Waals surface area contributed by atoms with E-state index in [-0.39, 0.29) is 11.8 Å². The largest absolute Gasteiger partial charge is 0.481 e. The van der Waals surface area contributed by atoms with Gasteiger partial charge in [0.25, 0.3) is 0 Å². The predicted molar refractivity (Wildman–Crippen MR) is 84.3 cm³/mol. The van der Waals surface area contributed by atoms with Crippen molar-refractivity contribution in [2.24, 2.45) is 11.8 Å². The lowest BCUT2D eigenvalue weighted by Gasteiger charge is -2.19. The fourth-order valence-corrected chi connectivity index (χ4v) is 2.76. The number of carbonyl (C=O) groups is 1. The van der Waals surface area contributed by atoms with Gasteiger partial charge in [-0.1, -0.05) is 19.1 Å². The van der Waals surface area contributed by atoms with Crippen LogP contribution in [0.2, 0.25) is 0 Å². The van der Waals surface area contributed by atoms with Gasteiger partial charge in [0, 0.05) is 11.8 Å². The van der Waals surface area contributed by atoms with Crippen LogP contribution in [0.3, 0.4) is 0 Å². The number of fused-ring (bicyclic) bond motifs is 1. The number of aromatic amines is 1. The molecule has 0 saturated heterocycles. The molecule has 2 aromatic rings. The van der Waals surface area contributed by atoms with E-state index in [1.165, 1.54) is 0 Å². The highest BCUT2D eigenvalue weighted by atomic mass is 16.4. The van der Waals surface area contributed by atoms with E-state index < -0.39 is 11.9 Å². The van der Waals surface area contributed by atoms with Gasteiger partial charge in [0.2, 0.25) is 0 Å². The second-order valence-corrected chi connectivity index (χ2v) is 5.78. The summed E-state index contributed by atoms with van der Waals surface area (Å²) in [6, 6.07) is 9.90. The van der Waals surface area contributed by atoms with E-state index in [9.17, 15) is 9.90 Å². The average Bonchev–Trinajstić information content (AvgIpc) is 2.94. The Labute approximate surface area is 130 Å². The van der Waals surface area contributed by atoms with Gasteiger partial charge in [-0.3, -0.25) is 4.79 Å². The molecule has 1 aromatic heterocycles. The molecule has 0 saturated carbocycles. The minimum absolute atomic E-state index is 0.0550. The molecule has 3 unspecified atom stereocenters. The van der Waals surface area contributed by atoms with Crippen LogP contribution in [0, 0.1) is 23.2 Å². The highest BCUT2D eigenvalue weighted by Crippen LogP contribution is 2.29. The summed E-state index contributed by atoms with van der Waals surface area (Å²) in [5.41, 5.74) is 1.86. The lowest BCUT2D eigenvalue weighted by atomic mass is 9.86. The van der Waals surface area contributed by atoms with Gasteiger partial charge in [-0.2, -0.15) is 5.26 Å². The van der Waals surface area contributed by atoms with Crippen LogP contribution >= 0.6 is 0 Å². The summed E-state index contributed by atoms with van der Waals surface area (Å²) >= 11 is 0. The number of benzene rings is 1. The zero-order valence-corrected chi connectivity index (χ0v) is 12.9. The molecule has 1 aromatic carbocycles. The van der Waals surface area contributed by atoms with Gasteiger partial charge in [-0.05, 0) is 38.3 Å². The third-order valence-electron chi connectivity index (χ3n) is 4.06. The Balaban J connectivity index is 2.19. The van der Waals surface area contributed by atoms with Crippen molar-refractivity contribution in [3.63, 3.8) is 0 Å². The third kappa shape index (κ3) is 3.64. The van der Waals surface area contributed by atoms with Gasteiger partial charge in [0.05, 0.1) is 23.0 Å². The summed E-state index contributed by atoms with van der Waals surface area (Å²) in [5.74, 6) is -0.724. The van der Waals surface area contributed by atoms with E-state index in [1.54, 1.807) is 6.92 Å². The molecule has 22 heavy (non-hydrogen) atoms. The van der Waals surface area contributed by atoms with Gasteiger partial charge in [-0.15, -0.1) is 0 Å². The summed E-state index contributed by atoms with van der Waals surface area (Å²) in [5, 5.41) is 18.3. The predicted octanol–water partition coefficient (Wildman–Crippen LogP) is 3.70. The van der Waals surface area contributed by atoms with Crippen molar-refractivity contribution >= 4 is 17.0 Å². The second-order valence-electron chi connectivity index (χ2n) is 5.78. The number of aromatic nitrogens is 2. The summed E-state index contributed by atoms with van der Waals surface area (Å²) in [6.07, 6.45) is 1.69. The van der Waals surface area contributed by atoms with Crippen LogP contribution < -0.4 is 0 Å². The van der Waals surface area contributed by atoms with Crippen molar-refractivity contribution < 1.29 is 9.90 Å². The first kappa shape index (κ1) is 16.0. The minimum atomic E-state index is -0.836. The molecule has 116 valence electrons. The standard InChI is InChI=1S/C17H21N3O2/c1-3-12(9-13(17(21)22)8-11(2)10-18)16-19-14-6-4-5-7-15(14)20-16/h4-7,11-13H,3,8-9H2,1-2H3,(H,19,20)(H,21,22). The number of carboxylic acids is 1. The minimum Gasteiger partial charge on any atom is -0.481 e. The third-order valence-corrected chi connectivity index (χ3v) is 4.06. The van der Waals surface area contributed by atoms with E-state index in [0.29, 0.717) is 12.8 Å². The Morgan fingerprint density at radius 3 is 2.73 bits per heavy atom. The first-order chi connectivity index (χ1) is 10.5. The SMILES string of the molecule is CCC(CC(CC(C)C#N)C(=O)O)c1nc2ccccc2[nH]1. The number of hydrogen-bond donors (Lipinski definition) is 2. The molecule has 5 nitrogen and oxygen atoms in total. The van der Waals surface area contributed by atoms with Gasteiger partial charge >= 0.3 is 5.97 Å². The van der Waals surface area contributed by atoms with E-state index in [1.807, 2.05) is 31.2 Å². The summed E-state index contributed by atoms with van der Waals surface area (Å²) < 4.78 is 0. The van der Waals surface area contributed by atoms with Crippen molar-refractivity contribution in [1.82, 2.24) is 9.97 Å². The van der Waals surface area contributed by atoms with Gasteiger partial charge in [-0.25, -0.2) is 4.98 Å². The highest BCUT2D eigenvalue weighted by molar-refractivity contribution is 5.75. The average molecular weight is 299 g/mol. The Morgan fingerprint density at radius 1 is 1.41 bits per heavy atom. The lowest BCUT2D eigenvalue weighted by molar-refractivity contribution is -0.142. The molecule has 1 heterocycles. The van der Waals surface area contributed by atoms with Crippen LogP contribution in [0.1, 0.15) is 44.9 Å². The molecule has 0 bridgehead atoms. The van der Waals surface area contributed by atoms with Gasteiger partial charge in [0.1, 0.15) is 5.82 Å².